The van der Waals surface area contributed by atoms with Crippen molar-refractivity contribution in [3.8, 4) is 0 Å². The Labute approximate surface area is 113 Å². The molecule has 0 bridgehead atoms. The Kier molecular flexibility index (Phi) is 4.21. The summed E-state index contributed by atoms with van der Waals surface area (Å²) in [6.45, 7) is 0. The second kappa shape index (κ2) is 5.71. The van der Waals surface area contributed by atoms with Crippen molar-refractivity contribution in [3.63, 3.8) is 0 Å². The van der Waals surface area contributed by atoms with Crippen LogP contribution in [0, 0.1) is 0 Å². The van der Waals surface area contributed by atoms with E-state index < -0.39 is 17.8 Å². The third-order valence-electron chi connectivity index (χ3n) is 2.87. The lowest BCUT2D eigenvalue weighted by Crippen LogP contribution is -2.22. The van der Waals surface area contributed by atoms with Gasteiger partial charge in [0.15, 0.2) is 0 Å². The fraction of sp³-hybridized carbons (Fsp3) is 0.308. The van der Waals surface area contributed by atoms with E-state index >= 15 is 0 Å². The molecule has 0 amide bonds. The summed E-state index contributed by atoms with van der Waals surface area (Å²) in [5, 5.41) is 4.85. The maximum atomic E-state index is 13.0. The Morgan fingerprint density at radius 2 is 2.16 bits per heavy atom. The van der Waals surface area contributed by atoms with E-state index in [2.05, 4.69) is 10.3 Å². The number of alkyl halides is 3. The van der Waals surface area contributed by atoms with Crippen LogP contribution in [0.3, 0.4) is 0 Å². The maximum Gasteiger partial charge on any atom is 0.416 e. The van der Waals surface area contributed by atoms with E-state index in [4.69, 9.17) is 0 Å². The molecule has 0 aliphatic heterocycles. The van der Waals surface area contributed by atoms with Crippen molar-refractivity contribution in [2.45, 2.75) is 18.6 Å². The highest BCUT2D eigenvalue weighted by Crippen LogP contribution is 2.35. The number of nitrogens with zero attached hydrogens (tertiary/aromatic N) is 1. The van der Waals surface area contributed by atoms with Crippen LogP contribution in [0.15, 0.2) is 36.0 Å². The number of rotatable bonds is 4. The van der Waals surface area contributed by atoms with Crippen LogP contribution in [-0.2, 0) is 12.6 Å². The van der Waals surface area contributed by atoms with Gasteiger partial charge in [-0.3, -0.25) is 4.98 Å². The van der Waals surface area contributed by atoms with Gasteiger partial charge in [-0.25, -0.2) is 0 Å². The zero-order valence-electron chi connectivity index (χ0n) is 10.2. The molecule has 2 heterocycles. The van der Waals surface area contributed by atoms with Crippen LogP contribution >= 0.6 is 11.3 Å². The Morgan fingerprint density at radius 1 is 1.37 bits per heavy atom. The topological polar surface area (TPSA) is 24.9 Å². The van der Waals surface area contributed by atoms with Crippen LogP contribution in [0.2, 0.25) is 0 Å². The normalized spacial score (nSPS) is 13.5. The van der Waals surface area contributed by atoms with E-state index in [0.29, 0.717) is 6.42 Å². The van der Waals surface area contributed by atoms with Crippen molar-refractivity contribution in [2.24, 2.45) is 0 Å². The van der Waals surface area contributed by atoms with Crippen molar-refractivity contribution < 1.29 is 13.2 Å². The van der Waals surface area contributed by atoms with Crippen LogP contribution in [-0.4, -0.2) is 12.0 Å². The third-order valence-corrected chi connectivity index (χ3v) is 3.77. The van der Waals surface area contributed by atoms with E-state index in [0.717, 1.165) is 10.9 Å². The lowest BCUT2D eigenvalue weighted by atomic mass is 9.99. The van der Waals surface area contributed by atoms with E-state index in [1.807, 2.05) is 17.5 Å². The molecule has 0 spiro atoms. The molecule has 2 nitrogen and oxygen atoms in total. The van der Waals surface area contributed by atoms with Gasteiger partial charge in [0.25, 0.3) is 0 Å². The molecule has 2 aromatic heterocycles. The molecule has 0 fully saturated rings. The van der Waals surface area contributed by atoms with E-state index in [1.54, 1.807) is 7.05 Å². The van der Waals surface area contributed by atoms with Gasteiger partial charge in [0, 0.05) is 29.7 Å². The average Bonchev–Trinajstić information content (AvgIpc) is 2.88. The van der Waals surface area contributed by atoms with Crippen molar-refractivity contribution in [2.75, 3.05) is 7.05 Å². The number of aromatic nitrogens is 1. The molecule has 1 N–H and O–H groups in total. The van der Waals surface area contributed by atoms with Crippen LogP contribution in [0.25, 0.3) is 0 Å². The number of pyridine rings is 1. The monoisotopic (exact) mass is 286 g/mol. The molecule has 102 valence electrons. The molecule has 19 heavy (non-hydrogen) atoms. The number of thiophene rings is 1. The standard InChI is InChI=1S/C13H13F3N2S/c1-17-12(7-9-3-2-6-19-9)10-8-18-5-4-11(10)13(14,15)16/h2-6,8,12,17H,7H2,1H3. The first-order valence-electron chi connectivity index (χ1n) is 5.73. The van der Waals surface area contributed by atoms with Gasteiger partial charge < -0.3 is 5.32 Å². The Balaban J connectivity index is 2.33. The van der Waals surface area contributed by atoms with Gasteiger partial charge in [-0.15, -0.1) is 11.3 Å². The van der Waals surface area contributed by atoms with Gasteiger partial charge in [0.05, 0.1) is 5.56 Å². The summed E-state index contributed by atoms with van der Waals surface area (Å²) >= 11 is 1.53. The largest absolute Gasteiger partial charge is 0.416 e. The summed E-state index contributed by atoms with van der Waals surface area (Å²) in [6.07, 6.45) is -1.38. The van der Waals surface area contributed by atoms with Crippen LogP contribution in [0.5, 0.6) is 0 Å². The Morgan fingerprint density at radius 3 is 2.74 bits per heavy atom. The van der Waals surface area contributed by atoms with Gasteiger partial charge in [-0.2, -0.15) is 13.2 Å². The molecule has 1 atom stereocenters. The molecule has 1 unspecified atom stereocenters. The summed E-state index contributed by atoms with van der Waals surface area (Å²) in [7, 11) is 1.66. The molecule has 0 aliphatic carbocycles. The van der Waals surface area contributed by atoms with E-state index in [-0.39, 0.29) is 5.56 Å². The highest BCUT2D eigenvalue weighted by Gasteiger charge is 2.35. The first kappa shape index (κ1) is 14.0. The molecule has 2 rings (SSSR count). The minimum absolute atomic E-state index is 0.186. The van der Waals surface area contributed by atoms with Gasteiger partial charge in [-0.1, -0.05) is 6.07 Å². The van der Waals surface area contributed by atoms with E-state index in [9.17, 15) is 13.2 Å². The van der Waals surface area contributed by atoms with Gasteiger partial charge in [0.1, 0.15) is 0 Å². The number of nitrogens with one attached hydrogen (secondary N) is 1. The van der Waals surface area contributed by atoms with Gasteiger partial charge >= 0.3 is 6.18 Å². The number of hydrogen-bond donors (Lipinski definition) is 1. The summed E-state index contributed by atoms with van der Waals surface area (Å²) in [5.41, 5.74) is -0.440. The fourth-order valence-electron chi connectivity index (χ4n) is 1.94. The molecule has 0 aromatic carbocycles. The van der Waals surface area contributed by atoms with Crippen molar-refractivity contribution in [1.82, 2.24) is 10.3 Å². The van der Waals surface area contributed by atoms with Crippen molar-refractivity contribution in [1.29, 1.82) is 0 Å². The van der Waals surface area contributed by atoms with Crippen molar-refractivity contribution in [3.05, 3.63) is 52.0 Å². The molecule has 0 aliphatic rings. The summed E-state index contributed by atoms with van der Waals surface area (Å²) < 4.78 is 38.9. The number of hydrogen-bond acceptors (Lipinski definition) is 3. The molecule has 2 aromatic rings. The molecule has 6 heteroatoms. The third kappa shape index (κ3) is 3.33. The van der Waals surface area contributed by atoms with Crippen LogP contribution in [0.4, 0.5) is 13.2 Å². The van der Waals surface area contributed by atoms with Crippen LogP contribution < -0.4 is 5.32 Å². The Hall–Kier alpha value is -1.40. The maximum absolute atomic E-state index is 13.0. The molecular weight excluding hydrogens is 273 g/mol. The lowest BCUT2D eigenvalue weighted by molar-refractivity contribution is -0.138. The summed E-state index contributed by atoms with van der Waals surface area (Å²) in [5.74, 6) is 0. The first-order chi connectivity index (χ1) is 9.02. The average molecular weight is 286 g/mol. The predicted octanol–water partition coefficient (Wildman–Crippen LogP) is 3.67. The zero-order valence-corrected chi connectivity index (χ0v) is 11.1. The minimum Gasteiger partial charge on any atom is -0.313 e. The number of likely N-dealkylation sites (N-methyl/N-ethyl adjacent to an activating group) is 1. The molecule has 0 saturated carbocycles. The minimum atomic E-state index is -4.36. The molecular formula is C13H13F3N2S. The second-order valence-corrected chi connectivity index (χ2v) is 5.12. The SMILES string of the molecule is CNC(Cc1cccs1)c1cnccc1C(F)(F)F. The predicted molar refractivity (Wildman–Crippen MR) is 69.1 cm³/mol. The smallest absolute Gasteiger partial charge is 0.313 e. The van der Waals surface area contributed by atoms with Gasteiger partial charge in [0.2, 0.25) is 0 Å². The Bertz CT molecular complexity index is 523. The highest BCUT2D eigenvalue weighted by atomic mass is 32.1. The highest BCUT2D eigenvalue weighted by molar-refractivity contribution is 7.09. The second-order valence-electron chi connectivity index (χ2n) is 4.09. The number of halogens is 3. The quantitative estimate of drug-likeness (QED) is 0.927. The lowest BCUT2D eigenvalue weighted by Gasteiger charge is -2.20. The molecule has 0 radical (unpaired) electrons. The van der Waals surface area contributed by atoms with Crippen LogP contribution in [0.1, 0.15) is 22.0 Å². The fourth-order valence-corrected chi connectivity index (χ4v) is 2.69. The van der Waals surface area contributed by atoms with Gasteiger partial charge in [-0.05, 0) is 30.1 Å². The molecule has 0 saturated heterocycles. The summed E-state index contributed by atoms with van der Waals surface area (Å²) in [4.78, 5) is 4.86. The van der Waals surface area contributed by atoms with E-state index in [1.165, 1.54) is 23.7 Å². The first-order valence-corrected chi connectivity index (χ1v) is 6.61. The zero-order chi connectivity index (χ0) is 13.9. The van der Waals surface area contributed by atoms with Crippen molar-refractivity contribution >= 4 is 11.3 Å². The summed E-state index contributed by atoms with van der Waals surface area (Å²) in [6, 6.07) is 4.43.